The first-order chi connectivity index (χ1) is 14.4. The summed E-state index contributed by atoms with van der Waals surface area (Å²) in [4.78, 5) is 12.4. The minimum atomic E-state index is -0.258. The summed E-state index contributed by atoms with van der Waals surface area (Å²) in [5, 5.41) is 0.000864. The third-order valence-electron chi connectivity index (χ3n) is 8.89. The molecule has 3 fully saturated rings. The summed E-state index contributed by atoms with van der Waals surface area (Å²) >= 11 is 1.85. The lowest BCUT2D eigenvalue weighted by Gasteiger charge is -2.44. The van der Waals surface area contributed by atoms with Crippen molar-refractivity contribution in [3.63, 3.8) is 0 Å². The molecule has 0 aromatic carbocycles. The van der Waals surface area contributed by atoms with Crippen molar-refractivity contribution in [1.29, 1.82) is 0 Å². The molecule has 1 aliphatic heterocycles. The van der Waals surface area contributed by atoms with Crippen LogP contribution in [0.2, 0.25) is 0 Å². The lowest BCUT2D eigenvalue weighted by molar-refractivity contribution is -0.156. The molecule has 0 aromatic heterocycles. The molecule has 2 aliphatic carbocycles. The van der Waals surface area contributed by atoms with Crippen LogP contribution < -0.4 is 0 Å². The van der Waals surface area contributed by atoms with Crippen LogP contribution in [-0.4, -0.2) is 16.2 Å². The maximum Gasteiger partial charge on any atom is 0.320 e. The van der Waals surface area contributed by atoms with Crippen molar-refractivity contribution in [3.05, 3.63) is 12.2 Å². The number of esters is 1. The molecule has 2 nitrogen and oxygen atoms in total. The van der Waals surface area contributed by atoms with Gasteiger partial charge in [0.2, 0.25) is 0 Å². The molecule has 2 bridgehead atoms. The van der Waals surface area contributed by atoms with E-state index >= 15 is 0 Å². The van der Waals surface area contributed by atoms with Gasteiger partial charge >= 0.3 is 5.97 Å². The Bertz CT molecular complexity index is 598. The third-order valence-corrected chi connectivity index (χ3v) is 10.6. The van der Waals surface area contributed by atoms with Gasteiger partial charge in [-0.2, -0.15) is 0 Å². The van der Waals surface area contributed by atoms with E-state index in [9.17, 15) is 4.79 Å². The number of thioether (sulfide) groups is 1. The Morgan fingerprint density at radius 2 is 1.60 bits per heavy atom. The number of hydrogen-bond donors (Lipinski definition) is 0. The van der Waals surface area contributed by atoms with Crippen LogP contribution in [-0.2, 0) is 9.53 Å². The van der Waals surface area contributed by atoms with E-state index in [2.05, 4.69) is 39.8 Å². The molecule has 3 heteroatoms. The Labute approximate surface area is 190 Å². The molecule has 0 aromatic rings. The molecule has 0 amide bonds. The van der Waals surface area contributed by atoms with Gasteiger partial charge in [-0.1, -0.05) is 109 Å². The van der Waals surface area contributed by atoms with E-state index in [1.54, 1.807) is 0 Å². The van der Waals surface area contributed by atoms with Gasteiger partial charge < -0.3 is 4.74 Å². The molecule has 3 rings (SSSR count). The number of ether oxygens (including phenoxy) is 1. The number of allylic oxidation sites excluding steroid dienone is 2. The first-order valence-corrected chi connectivity index (χ1v) is 13.8. The maximum absolute atomic E-state index is 12.6. The second-order valence-corrected chi connectivity index (χ2v) is 12.4. The quantitative estimate of drug-likeness (QED) is 0.165. The van der Waals surface area contributed by atoms with Gasteiger partial charge in [0.15, 0.2) is 4.93 Å². The summed E-state index contributed by atoms with van der Waals surface area (Å²) in [5.74, 6) is 0.738. The van der Waals surface area contributed by atoms with Gasteiger partial charge in [0, 0.05) is 11.8 Å². The molecular formula is C27H46O2S. The lowest BCUT2D eigenvalue weighted by Crippen LogP contribution is -2.44. The summed E-state index contributed by atoms with van der Waals surface area (Å²) < 4.78 is 6.15. The van der Waals surface area contributed by atoms with Crippen LogP contribution in [0.25, 0.3) is 0 Å². The molecule has 0 N–H and O–H groups in total. The zero-order valence-corrected chi connectivity index (χ0v) is 21.0. The Balaban J connectivity index is 1.29. The average Bonchev–Trinajstić information content (AvgIpc) is 3.20. The minimum absolute atomic E-state index is 0.000864. The van der Waals surface area contributed by atoms with Crippen LogP contribution in [0, 0.1) is 16.7 Å². The van der Waals surface area contributed by atoms with Gasteiger partial charge in [-0.15, -0.1) is 0 Å². The highest BCUT2D eigenvalue weighted by Gasteiger charge is 2.73. The van der Waals surface area contributed by atoms with E-state index in [1.165, 1.54) is 77.0 Å². The standard InChI is InChI=1S/C27H46O2S/c1-5-6-7-8-9-10-11-12-13-14-15-16-17-18-23-24(28)29-27(30-23)21-22-19-20-26(27,4)25(22,2)3/h16-17,22-23H,5-15,18-21H2,1-4H3/b17-16+/t22-,23+,26-,27+/m1/s1. The fourth-order valence-corrected chi connectivity index (χ4v) is 8.14. The van der Waals surface area contributed by atoms with Gasteiger partial charge in [-0.3, -0.25) is 4.79 Å². The number of carbonyl (C=O) groups is 1. The van der Waals surface area contributed by atoms with E-state index < -0.39 is 0 Å². The first kappa shape index (κ1) is 24.2. The van der Waals surface area contributed by atoms with Crippen LogP contribution in [0.15, 0.2) is 12.2 Å². The van der Waals surface area contributed by atoms with E-state index in [1.807, 2.05) is 11.8 Å². The normalized spacial score (nSPS) is 34.5. The van der Waals surface area contributed by atoms with Crippen LogP contribution in [0.5, 0.6) is 0 Å². The van der Waals surface area contributed by atoms with Gasteiger partial charge in [-0.25, -0.2) is 0 Å². The fourth-order valence-electron chi connectivity index (χ4n) is 6.28. The average molecular weight is 435 g/mol. The highest BCUT2D eigenvalue weighted by atomic mass is 32.2. The molecular weight excluding hydrogens is 388 g/mol. The highest BCUT2D eigenvalue weighted by molar-refractivity contribution is 8.02. The molecule has 1 saturated heterocycles. The zero-order valence-electron chi connectivity index (χ0n) is 20.1. The van der Waals surface area contributed by atoms with E-state index in [0.717, 1.165) is 19.3 Å². The van der Waals surface area contributed by atoms with Crippen molar-refractivity contribution < 1.29 is 9.53 Å². The molecule has 4 atom stereocenters. The van der Waals surface area contributed by atoms with Crippen molar-refractivity contribution in [2.24, 2.45) is 16.7 Å². The topological polar surface area (TPSA) is 26.3 Å². The predicted molar refractivity (Wildman–Crippen MR) is 130 cm³/mol. The Morgan fingerprint density at radius 3 is 2.17 bits per heavy atom. The Hall–Kier alpha value is -0.440. The van der Waals surface area contributed by atoms with E-state index in [-0.39, 0.29) is 27.0 Å². The molecule has 1 spiro atoms. The van der Waals surface area contributed by atoms with Crippen molar-refractivity contribution in [2.45, 2.75) is 134 Å². The van der Waals surface area contributed by atoms with Gasteiger partial charge in [0.05, 0.1) is 0 Å². The molecule has 0 radical (unpaired) electrons. The summed E-state index contributed by atoms with van der Waals surface area (Å²) in [6, 6.07) is 0. The molecule has 2 saturated carbocycles. The second kappa shape index (κ2) is 10.5. The molecule has 30 heavy (non-hydrogen) atoms. The van der Waals surface area contributed by atoms with Gasteiger partial charge in [0.25, 0.3) is 0 Å². The number of hydrogen-bond acceptors (Lipinski definition) is 3. The largest absolute Gasteiger partial charge is 0.446 e. The van der Waals surface area contributed by atoms with Gasteiger partial charge in [-0.05, 0) is 43.4 Å². The minimum Gasteiger partial charge on any atom is -0.446 e. The molecule has 1 heterocycles. The summed E-state index contributed by atoms with van der Waals surface area (Å²) in [5.41, 5.74) is 0.403. The number of carbonyl (C=O) groups excluding carboxylic acids is 1. The Morgan fingerprint density at radius 1 is 0.967 bits per heavy atom. The monoisotopic (exact) mass is 434 g/mol. The number of unbranched alkanes of at least 4 members (excludes halogenated alkanes) is 10. The zero-order chi connectivity index (χ0) is 21.7. The van der Waals surface area contributed by atoms with E-state index in [0.29, 0.717) is 5.92 Å². The molecule has 0 unspecified atom stereocenters. The number of rotatable bonds is 13. The van der Waals surface area contributed by atoms with Crippen LogP contribution in [0.3, 0.4) is 0 Å². The van der Waals surface area contributed by atoms with Crippen LogP contribution in [0.1, 0.15) is 124 Å². The summed E-state index contributed by atoms with van der Waals surface area (Å²) in [6.45, 7) is 9.45. The van der Waals surface area contributed by atoms with Crippen molar-refractivity contribution in [2.75, 3.05) is 0 Å². The molecule has 172 valence electrons. The summed E-state index contributed by atoms with van der Waals surface area (Å²) in [7, 11) is 0. The smallest absolute Gasteiger partial charge is 0.320 e. The SMILES string of the molecule is CCCCCCCCCCCC/C=C/C[C@@H]1S[C@]2(C[C@H]3CC[C@]2(C)C3(C)C)OC1=O. The maximum atomic E-state index is 12.6. The van der Waals surface area contributed by atoms with Crippen molar-refractivity contribution in [1.82, 2.24) is 0 Å². The van der Waals surface area contributed by atoms with Crippen LogP contribution >= 0.6 is 11.8 Å². The first-order valence-electron chi connectivity index (χ1n) is 12.9. The number of fused-ring (bicyclic) bond motifs is 3. The van der Waals surface area contributed by atoms with E-state index in [4.69, 9.17) is 4.74 Å². The second-order valence-electron chi connectivity index (χ2n) is 11.0. The third kappa shape index (κ3) is 4.81. The molecule has 3 aliphatic rings. The van der Waals surface area contributed by atoms with Crippen molar-refractivity contribution >= 4 is 17.7 Å². The van der Waals surface area contributed by atoms with Gasteiger partial charge in [0.1, 0.15) is 5.25 Å². The Kier molecular flexibility index (Phi) is 8.43. The van der Waals surface area contributed by atoms with Crippen molar-refractivity contribution in [3.8, 4) is 0 Å². The summed E-state index contributed by atoms with van der Waals surface area (Å²) in [6.07, 6.45) is 23.9. The fraction of sp³-hybridized carbons (Fsp3) is 0.889. The lowest BCUT2D eigenvalue weighted by atomic mass is 9.69. The predicted octanol–water partition coefficient (Wildman–Crippen LogP) is 8.44. The van der Waals surface area contributed by atoms with Crippen LogP contribution in [0.4, 0.5) is 0 Å². The highest BCUT2D eigenvalue weighted by Crippen LogP contribution is 2.75.